The van der Waals surface area contributed by atoms with Crippen LogP contribution in [0.25, 0.3) is 0 Å². The van der Waals surface area contributed by atoms with Crippen molar-refractivity contribution in [1.29, 1.82) is 0 Å². The van der Waals surface area contributed by atoms with Crippen molar-refractivity contribution >= 4 is 15.9 Å². The maximum atomic E-state index is 13.7. The molecule has 0 N–H and O–H groups in total. The molecule has 0 bridgehead atoms. The van der Waals surface area contributed by atoms with Crippen LogP contribution in [0.3, 0.4) is 0 Å². The molecule has 3 rings (SSSR count). The van der Waals surface area contributed by atoms with Crippen LogP contribution < -0.4 is 0 Å². The highest BCUT2D eigenvalue weighted by atomic mass is 32.2. The Hall–Kier alpha value is -2.46. The lowest BCUT2D eigenvalue weighted by molar-refractivity contribution is -0.137. The third kappa shape index (κ3) is 4.99. The number of hydrogen-bond donors (Lipinski definition) is 0. The smallest absolute Gasteiger partial charge is 0.340 e. The normalized spacial score (nSPS) is 15.9. The van der Waals surface area contributed by atoms with Crippen molar-refractivity contribution in [2.24, 2.45) is 0 Å². The van der Waals surface area contributed by atoms with Crippen molar-refractivity contribution in [1.82, 2.24) is 9.21 Å². The van der Waals surface area contributed by atoms with Gasteiger partial charge in [-0.05, 0) is 42.3 Å². The molecule has 162 valence electrons. The SMILES string of the molecule is O=C(CCc1ccccc1F)N1CCN(S(=O)(=O)c2ccc(C(F)(F)F)cc2)CC1. The van der Waals surface area contributed by atoms with Crippen molar-refractivity contribution in [3.8, 4) is 0 Å². The summed E-state index contributed by atoms with van der Waals surface area (Å²) in [6.07, 6.45) is -4.20. The second-order valence-corrected chi connectivity index (χ2v) is 8.84. The van der Waals surface area contributed by atoms with Crippen LogP contribution in [0.5, 0.6) is 0 Å². The van der Waals surface area contributed by atoms with Gasteiger partial charge in [-0.1, -0.05) is 18.2 Å². The highest BCUT2D eigenvalue weighted by Gasteiger charge is 2.33. The molecule has 10 heteroatoms. The van der Waals surface area contributed by atoms with E-state index in [4.69, 9.17) is 0 Å². The van der Waals surface area contributed by atoms with E-state index in [0.29, 0.717) is 5.56 Å². The molecule has 1 fully saturated rings. The first-order valence-electron chi connectivity index (χ1n) is 9.27. The molecule has 1 aliphatic heterocycles. The molecule has 1 aliphatic rings. The zero-order valence-electron chi connectivity index (χ0n) is 15.9. The average Bonchev–Trinajstić information content (AvgIpc) is 2.72. The van der Waals surface area contributed by atoms with Crippen molar-refractivity contribution in [2.75, 3.05) is 26.2 Å². The van der Waals surface area contributed by atoms with Crippen molar-refractivity contribution < 1.29 is 30.8 Å². The lowest BCUT2D eigenvalue weighted by atomic mass is 10.1. The number of rotatable bonds is 5. The van der Waals surface area contributed by atoms with E-state index in [-0.39, 0.29) is 55.6 Å². The van der Waals surface area contributed by atoms with Gasteiger partial charge in [-0.25, -0.2) is 12.8 Å². The second kappa shape index (κ2) is 8.73. The maximum absolute atomic E-state index is 13.7. The average molecular weight is 444 g/mol. The van der Waals surface area contributed by atoms with Gasteiger partial charge in [0.2, 0.25) is 15.9 Å². The number of sulfonamides is 1. The van der Waals surface area contributed by atoms with Gasteiger partial charge in [-0.3, -0.25) is 4.79 Å². The molecule has 1 amide bonds. The number of carbonyl (C=O) groups is 1. The van der Waals surface area contributed by atoms with Gasteiger partial charge in [0.25, 0.3) is 0 Å². The minimum absolute atomic E-state index is 0.0365. The number of alkyl halides is 3. The molecule has 1 heterocycles. The Balaban J connectivity index is 1.57. The Morgan fingerprint density at radius 1 is 0.933 bits per heavy atom. The van der Waals surface area contributed by atoms with Gasteiger partial charge >= 0.3 is 6.18 Å². The molecule has 0 aliphatic carbocycles. The van der Waals surface area contributed by atoms with Crippen LogP contribution >= 0.6 is 0 Å². The summed E-state index contributed by atoms with van der Waals surface area (Å²) in [6.45, 7) is 0.398. The number of carbonyl (C=O) groups excluding carboxylic acids is 1. The molecule has 0 unspecified atom stereocenters. The lowest BCUT2D eigenvalue weighted by Gasteiger charge is -2.34. The maximum Gasteiger partial charge on any atom is 0.416 e. The van der Waals surface area contributed by atoms with Gasteiger partial charge in [0.05, 0.1) is 10.5 Å². The highest BCUT2D eigenvalue weighted by molar-refractivity contribution is 7.89. The van der Waals surface area contributed by atoms with Crippen molar-refractivity contribution in [3.63, 3.8) is 0 Å². The van der Waals surface area contributed by atoms with Crippen LogP contribution in [0.2, 0.25) is 0 Å². The number of piperazine rings is 1. The van der Waals surface area contributed by atoms with Gasteiger partial charge in [-0.15, -0.1) is 0 Å². The van der Waals surface area contributed by atoms with E-state index in [9.17, 15) is 30.8 Å². The number of halogens is 4. The van der Waals surface area contributed by atoms with E-state index in [1.54, 1.807) is 18.2 Å². The van der Waals surface area contributed by atoms with E-state index < -0.39 is 21.8 Å². The summed E-state index contributed by atoms with van der Waals surface area (Å²) >= 11 is 0. The fourth-order valence-corrected chi connectivity index (χ4v) is 4.67. The zero-order chi connectivity index (χ0) is 21.9. The van der Waals surface area contributed by atoms with Crippen LogP contribution in [0.15, 0.2) is 53.4 Å². The molecule has 5 nitrogen and oxygen atoms in total. The Kier molecular flexibility index (Phi) is 6.47. The van der Waals surface area contributed by atoms with E-state index in [0.717, 1.165) is 28.6 Å². The summed E-state index contributed by atoms with van der Waals surface area (Å²) in [7, 11) is -3.96. The van der Waals surface area contributed by atoms with Gasteiger partial charge < -0.3 is 4.90 Å². The number of nitrogens with zero attached hydrogens (tertiary/aromatic N) is 2. The monoisotopic (exact) mass is 444 g/mol. The largest absolute Gasteiger partial charge is 0.416 e. The molecule has 30 heavy (non-hydrogen) atoms. The number of aryl methyl sites for hydroxylation is 1. The van der Waals surface area contributed by atoms with Crippen molar-refractivity contribution in [2.45, 2.75) is 23.9 Å². The highest BCUT2D eigenvalue weighted by Crippen LogP contribution is 2.30. The predicted molar refractivity (Wildman–Crippen MR) is 102 cm³/mol. The Bertz CT molecular complexity index is 999. The molecule has 0 aromatic heterocycles. The van der Waals surface area contributed by atoms with E-state index in [1.165, 1.54) is 11.0 Å². The lowest BCUT2D eigenvalue weighted by Crippen LogP contribution is -2.50. The minimum atomic E-state index is -4.54. The van der Waals surface area contributed by atoms with Gasteiger partial charge in [-0.2, -0.15) is 17.5 Å². The molecule has 0 radical (unpaired) electrons. The van der Waals surface area contributed by atoms with Gasteiger partial charge in [0.1, 0.15) is 5.82 Å². The van der Waals surface area contributed by atoms with Gasteiger partial charge in [0, 0.05) is 32.6 Å². The summed E-state index contributed by atoms with van der Waals surface area (Å²) in [5.74, 6) is -0.581. The molecule has 2 aromatic rings. The van der Waals surface area contributed by atoms with Gasteiger partial charge in [0.15, 0.2) is 0 Å². The molecular formula is C20H20F4N2O3S. The van der Waals surface area contributed by atoms with Crippen LogP contribution in [0.1, 0.15) is 17.5 Å². The number of amides is 1. The van der Waals surface area contributed by atoms with E-state index >= 15 is 0 Å². The summed E-state index contributed by atoms with van der Waals surface area (Å²) in [5.41, 5.74) is -0.485. The third-order valence-electron chi connectivity index (χ3n) is 4.98. The van der Waals surface area contributed by atoms with Crippen LogP contribution in [0, 0.1) is 5.82 Å². The van der Waals surface area contributed by atoms with Crippen LogP contribution in [-0.2, 0) is 27.4 Å². The second-order valence-electron chi connectivity index (χ2n) is 6.90. The fourth-order valence-electron chi connectivity index (χ4n) is 3.24. The fraction of sp³-hybridized carbons (Fsp3) is 0.350. The third-order valence-corrected chi connectivity index (χ3v) is 6.89. The van der Waals surface area contributed by atoms with Crippen LogP contribution in [0.4, 0.5) is 17.6 Å². The number of hydrogen-bond acceptors (Lipinski definition) is 3. The first kappa shape index (κ1) is 22.2. The summed E-state index contributed by atoms with van der Waals surface area (Å²) in [6, 6.07) is 9.52. The summed E-state index contributed by atoms with van der Waals surface area (Å²) in [5, 5.41) is 0. The number of benzene rings is 2. The molecule has 2 aromatic carbocycles. The predicted octanol–water partition coefficient (Wildman–Crippen LogP) is 3.31. The topological polar surface area (TPSA) is 57.7 Å². The summed E-state index contributed by atoms with van der Waals surface area (Å²) in [4.78, 5) is 13.7. The molecule has 0 atom stereocenters. The Morgan fingerprint density at radius 2 is 1.53 bits per heavy atom. The zero-order valence-corrected chi connectivity index (χ0v) is 16.7. The Morgan fingerprint density at radius 3 is 2.10 bits per heavy atom. The quantitative estimate of drug-likeness (QED) is 0.665. The van der Waals surface area contributed by atoms with E-state index in [1.807, 2.05) is 0 Å². The molecular weight excluding hydrogens is 424 g/mol. The molecule has 0 spiro atoms. The standard InChI is InChI=1S/C20H20F4N2O3S/c21-18-4-2-1-3-15(18)5-10-19(27)25-11-13-26(14-12-25)30(28,29)17-8-6-16(7-9-17)20(22,23)24/h1-4,6-9H,5,10-14H2. The minimum Gasteiger partial charge on any atom is -0.340 e. The first-order valence-corrected chi connectivity index (χ1v) is 10.7. The Labute approximate surface area is 172 Å². The van der Waals surface area contributed by atoms with Crippen molar-refractivity contribution in [3.05, 3.63) is 65.5 Å². The first-order chi connectivity index (χ1) is 14.1. The molecule has 0 saturated carbocycles. The summed E-state index contributed by atoms with van der Waals surface area (Å²) < 4.78 is 78.1. The molecule has 1 saturated heterocycles. The van der Waals surface area contributed by atoms with Crippen LogP contribution in [-0.4, -0.2) is 49.7 Å². The van der Waals surface area contributed by atoms with E-state index in [2.05, 4.69) is 0 Å².